The summed E-state index contributed by atoms with van der Waals surface area (Å²) in [6.07, 6.45) is 10.1. The third-order valence-corrected chi connectivity index (χ3v) is 5.11. The zero-order valence-corrected chi connectivity index (χ0v) is 16.4. The molecule has 0 aromatic carbocycles. The van der Waals surface area contributed by atoms with Crippen LogP contribution in [0, 0.1) is 12.8 Å². The lowest BCUT2D eigenvalue weighted by atomic mass is 9.83. The maximum atomic E-state index is 12.0. The lowest BCUT2D eigenvalue weighted by Gasteiger charge is -2.30. The van der Waals surface area contributed by atoms with Gasteiger partial charge in [-0.1, -0.05) is 19.8 Å². The summed E-state index contributed by atoms with van der Waals surface area (Å²) < 4.78 is 5.19. The van der Waals surface area contributed by atoms with Gasteiger partial charge in [0.15, 0.2) is 11.7 Å². The zero-order chi connectivity index (χ0) is 18.8. The Morgan fingerprint density at radius 1 is 1.23 bits per heavy atom. The SMILES string of the molecule is CCCC1CCC(NC(=NC)NCCCNC(=O)c2occc2C)CC1. The highest BCUT2D eigenvalue weighted by Crippen LogP contribution is 2.27. The van der Waals surface area contributed by atoms with Crippen molar-refractivity contribution < 1.29 is 9.21 Å². The number of guanidine groups is 1. The number of nitrogens with one attached hydrogen (secondary N) is 3. The molecule has 3 N–H and O–H groups in total. The summed E-state index contributed by atoms with van der Waals surface area (Å²) in [7, 11) is 1.81. The predicted octanol–water partition coefficient (Wildman–Crippen LogP) is 3.23. The van der Waals surface area contributed by atoms with Crippen LogP contribution >= 0.6 is 0 Å². The van der Waals surface area contributed by atoms with Crippen LogP contribution in [-0.2, 0) is 0 Å². The maximum Gasteiger partial charge on any atom is 0.287 e. The minimum absolute atomic E-state index is 0.154. The van der Waals surface area contributed by atoms with Crippen molar-refractivity contribution in [3.8, 4) is 0 Å². The monoisotopic (exact) mass is 362 g/mol. The first-order valence-electron chi connectivity index (χ1n) is 9.93. The van der Waals surface area contributed by atoms with Crippen molar-refractivity contribution >= 4 is 11.9 Å². The van der Waals surface area contributed by atoms with Crippen LogP contribution in [0.1, 0.15) is 68.0 Å². The number of carbonyl (C=O) groups is 1. The summed E-state index contributed by atoms with van der Waals surface area (Å²) in [6.45, 7) is 5.51. The van der Waals surface area contributed by atoms with Gasteiger partial charge < -0.3 is 20.4 Å². The van der Waals surface area contributed by atoms with Crippen molar-refractivity contribution in [1.82, 2.24) is 16.0 Å². The quantitative estimate of drug-likeness (QED) is 0.377. The fourth-order valence-electron chi connectivity index (χ4n) is 3.57. The van der Waals surface area contributed by atoms with E-state index >= 15 is 0 Å². The van der Waals surface area contributed by atoms with E-state index in [1.54, 1.807) is 13.1 Å². The molecular formula is C20H34N4O2. The van der Waals surface area contributed by atoms with Gasteiger partial charge in [0.05, 0.1) is 6.26 Å². The summed E-state index contributed by atoms with van der Waals surface area (Å²) in [6, 6.07) is 2.32. The third-order valence-electron chi connectivity index (χ3n) is 5.11. The standard InChI is InChI=1S/C20H34N4O2/c1-4-6-16-7-9-17(10-8-16)24-20(21-3)23-13-5-12-22-19(25)18-15(2)11-14-26-18/h11,14,16-17H,4-10,12-13H2,1-3H3,(H,22,25)(H2,21,23,24). The summed E-state index contributed by atoms with van der Waals surface area (Å²) in [5.74, 6) is 2.01. The number of amides is 1. The van der Waals surface area contributed by atoms with Crippen LogP contribution in [0.4, 0.5) is 0 Å². The Hall–Kier alpha value is -1.98. The first kappa shape index (κ1) is 20.3. The number of hydrogen-bond acceptors (Lipinski definition) is 3. The highest BCUT2D eigenvalue weighted by atomic mass is 16.3. The van der Waals surface area contributed by atoms with Crippen molar-refractivity contribution in [2.75, 3.05) is 20.1 Å². The fraction of sp³-hybridized carbons (Fsp3) is 0.700. The van der Waals surface area contributed by atoms with Crippen LogP contribution in [0.3, 0.4) is 0 Å². The molecule has 0 saturated heterocycles. The molecule has 1 fully saturated rings. The van der Waals surface area contributed by atoms with Gasteiger partial charge in [-0.3, -0.25) is 9.79 Å². The molecule has 1 aliphatic rings. The third kappa shape index (κ3) is 6.39. The molecule has 6 heteroatoms. The summed E-state index contributed by atoms with van der Waals surface area (Å²) >= 11 is 0. The number of nitrogens with zero attached hydrogens (tertiary/aromatic N) is 1. The van der Waals surface area contributed by atoms with Gasteiger partial charge in [0.2, 0.25) is 0 Å². The molecule has 0 unspecified atom stereocenters. The first-order chi connectivity index (χ1) is 12.6. The summed E-state index contributed by atoms with van der Waals surface area (Å²) in [5, 5.41) is 9.75. The Labute approximate surface area is 157 Å². The maximum absolute atomic E-state index is 12.0. The van der Waals surface area contributed by atoms with Crippen molar-refractivity contribution in [3.63, 3.8) is 0 Å². The second-order valence-electron chi connectivity index (χ2n) is 7.19. The number of aryl methyl sites for hydroxylation is 1. The molecular weight excluding hydrogens is 328 g/mol. The number of hydrogen-bond donors (Lipinski definition) is 3. The van der Waals surface area contributed by atoms with E-state index in [4.69, 9.17) is 4.42 Å². The van der Waals surface area contributed by atoms with E-state index in [1.807, 2.05) is 6.92 Å². The minimum Gasteiger partial charge on any atom is -0.459 e. The molecule has 26 heavy (non-hydrogen) atoms. The molecule has 2 rings (SSSR count). The molecule has 0 radical (unpaired) electrons. The number of carbonyl (C=O) groups excluding carboxylic acids is 1. The van der Waals surface area contributed by atoms with Crippen LogP contribution in [0.2, 0.25) is 0 Å². The van der Waals surface area contributed by atoms with Crippen LogP contribution in [-0.4, -0.2) is 38.0 Å². The van der Waals surface area contributed by atoms with E-state index < -0.39 is 0 Å². The second-order valence-corrected chi connectivity index (χ2v) is 7.19. The van der Waals surface area contributed by atoms with E-state index in [-0.39, 0.29) is 5.91 Å². The number of aliphatic imine (C=N–C) groups is 1. The number of furan rings is 1. The van der Waals surface area contributed by atoms with Crippen molar-refractivity contribution in [2.45, 2.75) is 64.8 Å². The highest BCUT2D eigenvalue weighted by Gasteiger charge is 2.21. The van der Waals surface area contributed by atoms with Crippen molar-refractivity contribution in [3.05, 3.63) is 23.7 Å². The Bertz CT molecular complexity index is 574. The normalized spacial score (nSPS) is 20.7. The van der Waals surface area contributed by atoms with E-state index in [9.17, 15) is 4.79 Å². The highest BCUT2D eigenvalue weighted by molar-refractivity contribution is 5.92. The van der Waals surface area contributed by atoms with Gasteiger partial charge in [0.1, 0.15) is 0 Å². The molecule has 6 nitrogen and oxygen atoms in total. The summed E-state index contributed by atoms with van der Waals surface area (Å²) in [4.78, 5) is 16.3. The van der Waals surface area contributed by atoms with Gasteiger partial charge in [-0.15, -0.1) is 0 Å². The van der Waals surface area contributed by atoms with Gasteiger partial charge in [0, 0.05) is 31.7 Å². The molecule has 1 amide bonds. The lowest BCUT2D eigenvalue weighted by Crippen LogP contribution is -2.45. The second kappa shape index (κ2) is 10.9. The molecule has 0 atom stereocenters. The Kier molecular flexibility index (Phi) is 8.51. The lowest BCUT2D eigenvalue weighted by molar-refractivity contribution is 0.0925. The van der Waals surface area contributed by atoms with Crippen LogP contribution in [0.25, 0.3) is 0 Å². The average molecular weight is 363 g/mol. The topological polar surface area (TPSA) is 78.7 Å². The van der Waals surface area contributed by atoms with Gasteiger partial charge in [-0.05, 0) is 51.0 Å². The van der Waals surface area contributed by atoms with Crippen molar-refractivity contribution in [1.29, 1.82) is 0 Å². The van der Waals surface area contributed by atoms with Gasteiger partial charge >= 0.3 is 0 Å². The largest absolute Gasteiger partial charge is 0.459 e. The molecule has 0 aliphatic heterocycles. The molecule has 1 aromatic heterocycles. The number of rotatable bonds is 8. The Morgan fingerprint density at radius 2 is 1.96 bits per heavy atom. The molecule has 1 heterocycles. The molecule has 0 spiro atoms. The molecule has 1 saturated carbocycles. The minimum atomic E-state index is -0.154. The molecule has 1 aromatic rings. The van der Waals surface area contributed by atoms with Crippen LogP contribution in [0.15, 0.2) is 21.7 Å². The predicted molar refractivity (Wildman–Crippen MR) is 106 cm³/mol. The molecule has 1 aliphatic carbocycles. The Balaban J connectivity index is 1.59. The molecule has 146 valence electrons. The Morgan fingerprint density at radius 3 is 2.58 bits per heavy atom. The van der Waals surface area contributed by atoms with E-state index in [0.717, 1.165) is 30.4 Å². The van der Waals surface area contributed by atoms with E-state index in [2.05, 4.69) is 27.9 Å². The summed E-state index contributed by atoms with van der Waals surface area (Å²) in [5.41, 5.74) is 0.860. The smallest absolute Gasteiger partial charge is 0.287 e. The zero-order valence-electron chi connectivity index (χ0n) is 16.4. The first-order valence-corrected chi connectivity index (χ1v) is 9.93. The van der Waals surface area contributed by atoms with Gasteiger partial charge in [-0.2, -0.15) is 0 Å². The fourth-order valence-corrected chi connectivity index (χ4v) is 3.57. The van der Waals surface area contributed by atoms with E-state index in [1.165, 1.54) is 44.8 Å². The average Bonchev–Trinajstić information content (AvgIpc) is 3.08. The van der Waals surface area contributed by atoms with Crippen LogP contribution in [0.5, 0.6) is 0 Å². The van der Waals surface area contributed by atoms with E-state index in [0.29, 0.717) is 18.3 Å². The van der Waals surface area contributed by atoms with Gasteiger partial charge in [-0.25, -0.2) is 0 Å². The van der Waals surface area contributed by atoms with Crippen LogP contribution < -0.4 is 16.0 Å². The van der Waals surface area contributed by atoms with Crippen molar-refractivity contribution in [2.24, 2.45) is 10.9 Å². The van der Waals surface area contributed by atoms with Gasteiger partial charge in [0.25, 0.3) is 5.91 Å². The molecule has 0 bridgehead atoms.